The molecule has 2 aromatic carbocycles. The number of nitrogens with zero attached hydrogens (tertiary/aromatic N) is 2. The van der Waals surface area contributed by atoms with Crippen molar-refractivity contribution in [3.63, 3.8) is 0 Å². The van der Waals surface area contributed by atoms with Crippen molar-refractivity contribution in [2.24, 2.45) is 5.14 Å². The number of para-hydroxylation sites is 1. The third kappa shape index (κ3) is 4.88. The third-order valence-corrected chi connectivity index (χ3v) is 5.95. The molecule has 0 spiro atoms. The first-order chi connectivity index (χ1) is 14.2. The molecule has 8 nitrogen and oxygen atoms in total. The van der Waals surface area contributed by atoms with Crippen LogP contribution in [0.4, 0.5) is 0 Å². The maximum atomic E-state index is 12.1. The molecule has 0 saturated heterocycles. The summed E-state index contributed by atoms with van der Waals surface area (Å²) in [5.74, 6) is -0.487. The summed E-state index contributed by atoms with van der Waals surface area (Å²) >= 11 is 6.29. The van der Waals surface area contributed by atoms with Crippen molar-refractivity contribution in [1.29, 1.82) is 0 Å². The van der Waals surface area contributed by atoms with Gasteiger partial charge >= 0.3 is 0 Å². The largest absolute Gasteiger partial charge is 0.289 e. The summed E-state index contributed by atoms with van der Waals surface area (Å²) in [5, 5.41) is 19.2. The van der Waals surface area contributed by atoms with Crippen molar-refractivity contribution in [1.82, 2.24) is 15.3 Å². The highest BCUT2D eigenvalue weighted by Gasteiger charge is 2.20. The Bertz CT molecular complexity index is 1190. The van der Waals surface area contributed by atoms with Crippen molar-refractivity contribution < 1.29 is 18.4 Å². The number of primary sulfonamides is 1. The molecule has 0 bridgehead atoms. The van der Waals surface area contributed by atoms with Gasteiger partial charge in [0, 0.05) is 17.0 Å². The lowest BCUT2D eigenvalue weighted by atomic mass is 10.1. The Kier molecular flexibility index (Phi) is 6.57. The molecule has 10 heteroatoms. The smallest absolute Gasteiger partial charge is 0.243 e. The molecule has 4 N–H and O–H groups in total. The van der Waals surface area contributed by atoms with Gasteiger partial charge in [-0.25, -0.2) is 23.7 Å². The van der Waals surface area contributed by atoms with Crippen molar-refractivity contribution in [3.8, 4) is 16.9 Å². The minimum Gasteiger partial charge on any atom is -0.289 e. The fraction of sp³-hybridized carbons (Fsp3) is 0.200. The number of benzene rings is 2. The maximum Gasteiger partial charge on any atom is 0.243 e. The predicted octanol–water partition coefficient (Wildman–Crippen LogP) is 2.98. The molecular weight excluding hydrogens is 428 g/mol. The zero-order valence-electron chi connectivity index (χ0n) is 16.2. The van der Waals surface area contributed by atoms with Gasteiger partial charge in [0.1, 0.15) is 4.90 Å². The number of amides is 1. The van der Waals surface area contributed by atoms with E-state index in [1.54, 1.807) is 29.7 Å². The Morgan fingerprint density at radius 1 is 1.23 bits per heavy atom. The van der Waals surface area contributed by atoms with Gasteiger partial charge in [0.2, 0.25) is 15.9 Å². The fourth-order valence-electron chi connectivity index (χ4n) is 3.05. The first-order valence-corrected chi connectivity index (χ1v) is 11.0. The summed E-state index contributed by atoms with van der Waals surface area (Å²) in [6.07, 6.45) is 1.03. The van der Waals surface area contributed by atoms with Crippen molar-refractivity contribution >= 4 is 27.5 Å². The Balaban J connectivity index is 2.11. The number of aromatic nitrogens is 2. The van der Waals surface area contributed by atoms with E-state index >= 15 is 0 Å². The molecule has 0 radical (unpaired) electrons. The second-order valence-corrected chi connectivity index (χ2v) is 8.73. The highest BCUT2D eigenvalue weighted by molar-refractivity contribution is 7.89. The molecule has 1 amide bonds. The summed E-state index contributed by atoms with van der Waals surface area (Å²) in [6.45, 7) is 1.89. The van der Waals surface area contributed by atoms with E-state index in [2.05, 4.69) is 5.10 Å². The molecule has 0 atom stereocenters. The first-order valence-electron chi connectivity index (χ1n) is 9.11. The van der Waals surface area contributed by atoms with Crippen LogP contribution < -0.4 is 10.6 Å². The summed E-state index contributed by atoms with van der Waals surface area (Å²) in [4.78, 5) is 11.2. The Hall–Kier alpha value is -2.72. The Morgan fingerprint density at radius 3 is 2.63 bits per heavy atom. The van der Waals surface area contributed by atoms with Crippen LogP contribution in [0.25, 0.3) is 16.9 Å². The van der Waals surface area contributed by atoms with E-state index in [1.807, 2.05) is 25.1 Å². The SMILES string of the molecule is Cc1ccc(-c2cc(CCCC(=O)NO)nn2-c2ccccc2S(N)(=O)=O)cc1Cl. The minimum atomic E-state index is -3.99. The number of hydrogen-bond acceptors (Lipinski definition) is 5. The van der Waals surface area contributed by atoms with Crippen LogP contribution in [-0.2, 0) is 21.2 Å². The van der Waals surface area contributed by atoms with Gasteiger partial charge in [-0.3, -0.25) is 10.0 Å². The molecule has 0 aliphatic carbocycles. The van der Waals surface area contributed by atoms with E-state index < -0.39 is 15.9 Å². The monoisotopic (exact) mass is 448 g/mol. The zero-order chi connectivity index (χ0) is 21.9. The number of carbonyl (C=O) groups excluding carboxylic acids is 1. The lowest BCUT2D eigenvalue weighted by Crippen LogP contribution is -2.18. The van der Waals surface area contributed by atoms with Crippen molar-refractivity contribution in [2.75, 3.05) is 0 Å². The Morgan fingerprint density at radius 2 is 1.97 bits per heavy atom. The molecule has 158 valence electrons. The van der Waals surface area contributed by atoms with E-state index in [0.717, 1.165) is 11.1 Å². The zero-order valence-corrected chi connectivity index (χ0v) is 17.7. The van der Waals surface area contributed by atoms with Gasteiger partial charge in [-0.15, -0.1) is 0 Å². The molecule has 30 heavy (non-hydrogen) atoms. The number of carbonyl (C=O) groups is 1. The highest BCUT2D eigenvalue weighted by atomic mass is 35.5. The lowest BCUT2D eigenvalue weighted by Gasteiger charge is -2.12. The number of nitrogens with one attached hydrogen (secondary N) is 1. The Labute approximate surface area is 179 Å². The quantitative estimate of drug-likeness (QED) is 0.378. The average molecular weight is 449 g/mol. The standard InChI is InChI=1S/C20H21ClN4O4S/c1-13-9-10-14(11-16(13)21)18-12-15(5-4-8-20(26)24-27)23-25(18)17-6-2-3-7-19(17)30(22,28)29/h2-3,6-7,9-12,27H,4-5,8H2,1H3,(H,24,26)(H2,22,28,29). The van der Waals surface area contributed by atoms with E-state index in [9.17, 15) is 13.2 Å². The normalized spacial score (nSPS) is 11.5. The van der Waals surface area contributed by atoms with Crippen LogP contribution in [0.15, 0.2) is 53.4 Å². The molecule has 1 heterocycles. The van der Waals surface area contributed by atoms with Gasteiger partial charge in [0.25, 0.3) is 0 Å². The van der Waals surface area contributed by atoms with Gasteiger partial charge < -0.3 is 0 Å². The minimum absolute atomic E-state index is 0.0567. The van der Waals surface area contributed by atoms with Crippen LogP contribution in [0.3, 0.4) is 0 Å². The van der Waals surface area contributed by atoms with Crippen molar-refractivity contribution in [2.45, 2.75) is 31.1 Å². The second-order valence-electron chi connectivity index (χ2n) is 6.80. The van der Waals surface area contributed by atoms with E-state index in [0.29, 0.717) is 34.9 Å². The molecular formula is C20H21ClN4O4S. The van der Waals surface area contributed by atoms with E-state index in [1.165, 1.54) is 10.7 Å². The molecule has 0 fully saturated rings. The van der Waals surface area contributed by atoms with E-state index in [4.69, 9.17) is 21.9 Å². The molecule has 3 rings (SSSR count). The van der Waals surface area contributed by atoms with Crippen LogP contribution in [0.2, 0.25) is 5.02 Å². The van der Waals surface area contributed by atoms with Crippen LogP contribution in [-0.4, -0.2) is 29.3 Å². The van der Waals surface area contributed by atoms with E-state index in [-0.39, 0.29) is 11.3 Å². The molecule has 0 aliphatic rings. The summed E-state index contributed by atoms with van der Waals surface area (Å²) in [6, 6.07) is 13.7. The molecule has 0 unspecified atom stereocenters. The third-order valence-electron chi connectivity index (χ3n) is 4.59. The second kappa shape index (κ2) is 8.97. The number of aryl methyl sites for hydroxylation is 2. The molecule has 1 aromatic heterocycles. The van der Waals surface area contributed by atoms with Gasteiger partial charge in [0.15, 0.2) is 0 Å². The highest BCUT2D eigenvalue weighted by Crippen LogP contribution is 2.30. The number of halogens is 1. The van der Waals surface area contributed by atoms with Gasteiger partial charge in [-0.2, -0.15) is 5.10 Å². The number of rotatable bonds is 7. The molecule has 0 saturated carbocycles. The first kappa shape index (κ1) is 22.0. The molecule has 0 aliphatic heterocycles. The van der Waals surface area contributed by atoms with Crippen LogP contribution >= 0.6 is 11.6 Å². The van der Waals surface area contributed by atoms with Crippen LogP contribution in [0.1, 0.15) is 24.1 Å². The lowest BCUT2D eigenvalue weighted by molar-refractivity contribution is -0.129. The topological polar surface area (TPSA) is 127 Å². The van der Waals surface area contributed by atoms with Crippen LogP contribution in [0, 0.1) is 6.92 Å². The van der Waals surface area contributed by atoms with Gasteiger partial charge in [0.05, 0.1) is 17.1 Å². The maximum absolute atomic E-state index is 12.1. The summed E-state index contributed by atoms with van der Waals surface area (Å²) in [5.41, 5.74) is 4.85. The number of sulfonamides is 1. The fourth-order valence-corrected chi connectivity index (χ4v) is 3.95. The van der Waals surface area contributed by atoms with Gasteiger partial charge in [-0.1, -0.05) is 35.9 Å². The number of hydroxylamine groups is 1. The average Bonchev–Trinajstić information content (AvgIpc) is 3.13. The van der Waals surface area contributed by atoms with Gasteiger partial charge in [-0.05, 0) is 49.6 Å². The van der Waals surface area contributed by atoms with Crippen molar-refractivity contribution in [3.05, 3.63) is 64.8 Å². The summed E-state index contributed by atoms with van der Waals surface area (Å²) in [7, 11) is -3.99. The predicted molar refractivity (Wildman–Crippen MR) is 113 cm³/mol. The molecule has 3 aromatic rings. The van der Waals surface area contributed by atoms with Crippen LogP contribution in [0.5, 0.6) is 0 Å². The number of nitrogens with two attached hydrogens (primary N) is 1. The summed E-state index contributed by atoms with van der Waals surface area (Å²) < 4.78 is 25.7. The number of hydrogen-bond donors (Lipinski definition) is 3.